The number of pyridine rings is 1. The van der Waals surface area contributed by atoms with Crippen LogP contribution in [0.4, 0.5) is 18.9 Å². The van der Waals surface area contributed by atoms with Crippen molar-refractivity contribution in [2.75, 3.05) is 5.06 Å². The molecule has 1 heterocycles. The Morgan fingerprint density at radius 2 is 1.71 bits per heavy atom. The molecule has 0 aliphatic heterocycles. The summed E-state index contributed by atoms with van der Waals surface area (Å²) in [5.74, 6) is 0. The van der Waals surface area contributed by atoms with Crippen molar-refractivity contribution in [1.29, 1.82) is 0 Å². The number of hydroxylamine groups is 1. The molecule has 2 rings (SSSR count). The van der Waals surface area contributed by atoms with E-state index in [1.54, 1.807) is 5.06 Å². The molecule has 0 N–H and O–H groups in total. The minimum atomic E-state index is -4.55. The molecule has 1 aromatic heterocycles. The van der Waals surface area contributed by atoms with E-state index < -0.39 is 17.5 Å². The second kappa shape index (κ2) is 6.37. The number of hydrogen-bond acceptors (Lipinski definition) is 3. The Bertz CT molecular complexity index is 592. The third kappa shape index (κ3) is 4.14. The molecular formula is C17H24ClF3N2O. The number of nitrogens with zero attached hydrogens (tertiary/aromatic N) is 2. The van der Waals surface area contributed by atoms with Crippen LogP contribution in [0, 0.1) is 5.41 Å². The largest absolute Gasteiger partial charge is 0.433 e. The lowest BCUT2D eigenvalue weighted by Gasteiger charge is -2.47. The Hall–Kier alpha value is -1.01. The van der Waals surface area contributed by atoms with Crippen molar-refractivity contribution < 1.29 is 18.0 Å². The van der Waals surface area contributed by atoms with Crippen molar-refractivity contribution >= 4 is 17.3 Å². The second-order valence-corrected chi connectivity index (χ2v) is 8.18. The molecule has 3 nitrogen and oxygen atoms in total. The first-order valence-electron chi connectivity index (χ1n) is 8.04. The summed E-state index contributed by atoms with van der Waals surface area (Å²) in [6, 6.07) is 2.47. The number of anilines is 1. The Morgan fingerprint density at radius 3 is 2.12 bits per heavy atom. The van der Waals surface area contributed by atoms with Gasteiger partial charge in [0, 0.05) is 6.07 Å². The van der Waals surface area contributed by atoms with E-state index in [1.807, 2.05) is 34.6 Å². The monoisotopic (exact) mass is 364 g/mol. The minimum Gasteiger partial charge on any atom is -0.267 e. The molecule has 136 valence electrons. The summed E-state index contributed by atoms with van der Waals surface area (Å²) in [6.07, 6.45) is -1.76. The molecule has 1 aliphatic rings. The Morgan fingerprint density at radius 1 is 1.12 bits per heavy atom. The van der Waals surface area contributed by atoms with Crippen molar-refractivity contribution in [3.05, 3.63) is 23.0 Å². The lowest BCUT2D eigenvalue weighted by atomic mass is 9.79. The van der Waals surface area contributed by atoms with Crippen LogP contribution in [0.3, 0.4) is 0 Å². The number of rotatable bonds is 4. The van der Waals surface area contributed by atoms with Gasteiger partial charge < -0.3 is 0 Å². The molecular weight excluding hydrogens is 341 g/mol. The fraction of sp³-hybridized carbons (Fsp3) is 0.706. The molecule has 0 radical (unpaired) electrons. The van der Waals surface area contributed by atoms with E-state index in [0.717, 1.165) is 25.3 Å². The van der Waals surface area contributed by atoms with Crippen molar-refractivity contribution in [1.82, 2.24) is 4.98 Å². The molecule has 1 fully saturated rings. The van der Waals surface area contributed by atoms with Crippen LogP contribution in [0.25, 0.3) is 0 Å². The predicted molar refractivity (Wildman–Crippen MR) is 89.0 cm³/mol. The zero-order valence-corrected chi connectivity index (χ0v) is 15.4. The van der Waals surface area contributed by atoms with E-state index in [0.29, 0.717) is 5.69 Å². The van der Waals surface area contributed by atoms with Gasteiger partial charge in [0.15, 0.2) is 0 Å². The summed E-state index contributed by atoms with van der Waals surface area (Å²) in [4.78, 5) is 9.59. The van der Waals surface area contributed by atoms with E-state index in [1.165, 1.54) is 6.07 Å². The van der Waals surface area contributed by atoms with Crippen molar-refractivity contribution in [2.24, 2.45) is 5.41 Å². The van der Waals surface area contributed by atoms with Crippen molar-refractivity contribution in [2.45, 2.75) is 71.7 Å². The first-order valence-corrected chi connectivity index (χ1v) is 8.42. The SMILES string of the molecule is CC(C)(C)C(C)(C)ON(c1cc(Cl)nc(C(F)(F)F)c1)C1CCC1. The molecule has 0 unspecified atom stereocenters. The average Bonchev–Trinajstić information content (AvgIpc) is 2.32. The maximum atomic E-state index is 13.1. The van der Waals surface area contributed by atoms with Gasteiger partial charge in [-0.15, -0.1) is 0 Å². The Kier molecular flexibility index (Phi) is 5.13. The molecule has 1 aromatic rings. The standard InChI is InChI=1S/C17H24ClF3N2O/c1-15(2,3)16(4,5)24-23(11-7-6-8-11)12-9-13(17(19,20)21)22-14(18)10-12/h9-11H,6-8H2,1-5H3. The van der Waals surface area contributed by atoms with Crippen LogP contribution in [0.1, 0.15) is 59.6 Å². The summed E-state index contributed by atoms with van der Waals surface area (Å²) in [5.41, 5.74) is -1.48. The molecule has 0 atom stereocenters. The molecule has 0 saturated heterocycles. The zero-order chi connectivity index (χ0) is 18.3. The lowest BCUT2D eigenvalue weighted by molar-refractivity contribution is -0.141. The van der Waals surface area contributed by atoms with Gasteiger partial charge in [0.25, 0.3) is 0 Å². The van der Waals surface area contributed by atoms with E-state index in [-0.39, 0.29) is 16.6 Å². The van der Waals surface area contributed by atoms with Crippen LogP contribution >= 0.6 is 11.6 Å². The smallest absolute Gasteiger partial charge is 0.267 e. The molecule has 0 aromatic carbocycles. The fourth-order valence-corrected chi connectivity index (χ4v) is 2.30. The maximum absolute atomic E-state index is 13.1. The molecule has 1 aliphatic carbocycles. The highest BCUT2D eigenvalue weighted by Gasteiger charge is 2.40. The van der Waals surface area contributed by atoms with Crippen LogP contribution in [-0.2, 0) is 11.0 Å². The third-order valence-electron chi connectivity index (χ3n) is 4.86. The molecule has 24 heavy (non-hydrogen) atoms. The average molecular weight is 365 g/mol. The highest BCUT2D eigenvalue weighted by Crippen LogP contribution is 2.40. The summed E-state index contributed by atoms with van der Waals surface area (Å²) in [7, 11) is 0. The first-order chi connectivity index (χ1) is 10.8. The van der Waals surface area contributed by atoms with Gasteiger partial charge in [-0.05, 0) is 44.6 Å². The normalized spacial score (nSPS) is 16.9. The molecule has 0 spiro atoms. The third-order valence-corrected chi connectivity index (χ3v) is 5.06. The summed E-state index contributed by atoms with van der Waals surface area (Å²) >= 11 is 5.83. The number of aromatic nitrogens is 1. The molecule has 0 bridgehead atoms. The summed E-state index contributed by atoms with van der Waals surface area (Å²) in [5, 5.41) is 1.40. The van der Waals surface area contributed by atoms with Crippen LogP contribution in [0.15, 0.2) is 12.1 Å². The number of halogens is 4. The maximum Gasteiger partial charge on any atom is 0.433 e. The fourth-order valence-electron chi connectivity index (χ4n) is 2.10. The Labute approximate surface area is 146 Å². The summed E-state index contributed by atoms with van der Waals surface area (Å²) in [6.45, 7) is 9.98. The predicted octanol–water partition coefficient (Wildman–Crippen LogP) is 5.87. The van der Waals surface area contributed by atoms with Gasteiger partial charge in [0.1, 0.15) is 10.8 Å². The first kappa shape index (κ1) is 19.3. The Balaban J connectivity index is 2.41. The zero-order valence-electron chi connectivity index (χ0n) is 14.7. The number of alkyl halides is 3. The lowest BCUT2D eigenvalue weighted by Crippen LogP contribution is -2.50. The minimum absolute atomic E-state index is 0.0474. The molecule has 1 saturated carbocycles. The van der Waals surface area contributed by atoms with Crippen molar-refractivity contribution in [3.63, 3.8) is 0 Å². The van der Waals surface area contributed by atoms with Crippen LogP contribution < -0.4 is 5.06 Å². The van der Waals surface area contributed by atoms with E-state index in [9.17, 15) is 13.2 Å². The quantitative estimate of drug-likeness (QED) is 0.493. The topological polar surface area (TPSA) is 25.4 Å². The van der Waals surface area contributed by atoms with E-state index in [2.05, 4.69) is 4.98 Å². The van der Waals surface area contributed by atoms with Crippen LogP contribution in [0.5, 0.6) is 0 Å². The van der Waals surface area contributed by atoms with Crippen LogP contribution in [0.2, 0.25) is 5.15 Å². The number of hydrogen-bond donors (Lipinski definition) is 0. The second-order valence-electron chi connectivity index (χ2n) is 7.79. The van der Waals surface area contributed by atoms with Gasteiger partial charge in [-0.3, -0.25) is 9.90 Å². The van der Waals surface area contributed by atoms with Crippen molar-refractivity contribution in [3.8, 4) is 0 Å². The van der Waals surface area contributed by atoms with Gasteiger partial charge in [-0.25, -0.2) is 4.98 Å². The van der Waals surface area contributed by atoms with Gasteiger partial charge in [0.05, 0.1) is 17.3 Å². The molecule has 7 heteroatoms. The van der Waals surface area contributed by atoms with Gasteiger partial charge >= 0.3 is 6.18 Å². The highest BCUT2D eigenvalue weighted by atomic mass is 35.5. The van der Waals surface area contributed by atoms with E-state index in [4.69, 9.17) is 16.4 Å². The van der Waals surface area contributed by atoms with Gasteiger partial charge in [-0.1, -0.05) is 32.4 Å². The van der Waals surface area contributed by atoms with Gasteiger partial charge in [0.2, 0.25) is 0 Å². The van der Waals surface area contributed by atoms with E-state index >= 15 is 0 Å². The highest BCUT2D eigenvalue weighted by molar-refractivity contribution is 6.29. The molecule has 0 amide bonds. The summed E-state index contributed by atoms with van der Waals surface area (Å²) < 4.78 is 39.2. The van der Waals surface area contributed by atoms with Gasteiger partial charge in [-0.2, -0.15) is 13.2 Å². The van der Waals surface area contributed by atoms with Crippen LogP contribution in [-0.4, -0.2) is 16.6 Å².